The number of thioether (sulfide) groups is 1. The van der Waals surface area contributed by atoms with Crippen molar-refractivity contribution in [3.8, 4) is 0 Å². The molecule has 0 spiro atoms. The van der Waals surface area contributed by atoms with E-state index < -0.39 is 16.9 Å². The lowest BCUT2D eigenvalue weighted by Crippen LogP contribution is -2.58. The zero-order valence-electron chi connectivity index (χ0n) is 19.2. The molecule has 166 valence electrons. The number of nitrogens with zero attached hydrogens (tertiary/aromatic N) is 1. The average Bonchev–Trinajstić information content (AvgIpc) is 3.00. The van der Waals surface area contributed by atoms with Gasteiger partial charge in [-0.2, -0.15) is 0 Å². The molecule has 0 saturated carbocycles. The third-order valence-corrected chi connectivity index (χ3v) is 7.16. The minimum Gasteiger partial charge on any atom is -0.451 e. The first-order valence-corrected chi connectivity index (χ1v) is 11.7. The zero-order chi connectivity index (χ0) is 23.1. The second-order valence-electron chi connectivity index (χ2n) is 9.90. The van der Waals surface area contributed by atoms with Gasteiger partial charge < -0.3 is 9.64 Å². The Bertz CT molecular complexity index is 1040. The van der Waals surface area contributed by atoms with Crippen molar-refractivity contribution in [3.05, 3.63) is 89.2 Å². The molecule has 4 rings (SSSR count). The summed E-state index contributed by atoms with van der Waals surface area (Å²) in [6.45, 7) is 10.2. The van der Waals surface area contributed by atoms with Crippen LogP contribution in [0, 0.1) is 5.41 Å². The van der Waals surface area contributed by atoms with E-state index in [1.807, 2.05) is 80.6 Å². The SMILES string of the molecule is CC(C)(C)C=C=C1C(=O)N2[C@@H]1SC(C)(C)[C@@H]2C(=O)OC(c1ccccc1)c1ccccc1. The molecular formula is C27H29NO3S. The number of carbonyl (C=O) groups is 2. The van der Waals surface area contributed by atoms with Gasteiger partial charge in [-0.15, -0.1) is 17.5 Å². The number of benzene rings is 2. The number of hydrogen-bond donors (Lipinski definition) is 0. The fourth-order valence-electron chi connectivity index (χ4n) is 4.07. The Morgan fingerprint density at radius 3 is 2.09 bits per heavy atom. The van der Waals surface area contributed by atoms with E-state index in [9.17, 15) is 9.59 Å². The van der Waals surface area contributed by atoms with Crippen molar-refractivity contribution >= 4 is 23.6 Å². The van der Waals surface area contributed by atoms with Crippen molar-refractivity contribution in [2.24, 2.45) is 5.41 Å². The van der Waals surface area contributed by atoms with Crippen LogP contribution in [-0.2, 0) is 14.3 Å². The molecule has 0 aromatic heterocycles. The number of rotatable bonds is 4. The maximum atomic E-state index is 13.5. The second kappa shape index (κ2) is 8.31. The molecule has 0 N–H and O–H groups in total. The first kappa shape index (κ1) is 22.4. The molecule has 2 atom stereocenters. The summed E-state index contributed by atoms with van der Waals surface area (Å²) in [5.74, 6) is -0.513. The Labute approximate surface area is 194 Å². The quantitative estimate of drug-likeness (QED) is 0.268. The number of esters is 1. The highest BCUT2D eigenvalue weighted by molar-refractivity contribution is 8.01. The van der Waals surface area contributed by atoms with Crippen molar-refractivity contribution in [1.82, 2.24) is 4.90 Å². The molecular weight excluding hydrogens is 418 g/mol. The molecule has 5 heteroatoms. The Morgan fingerprint density at radius 2 is 1.59 bits per heavy atom. The van der Waals surface area contributed by atoms with E-state index in [2.05, 4.69) is 26.5 Å². The maximum Gasteiger partial charge on any atom is 0.331 e. The molecule has 1 amide bonds. The van der Waals surface area contributed by atoms with E-state index in [0.717, 1.165) is 11.1 Å². The van der Waals surface area contributed by atoms with Crippen LogP contribution in [0.25, 0.3) is 0 Å². The van der Waals surface area contributed by atoms with Crippen molar-refractivity contribution in [2.45, 2.75) is 56.9 Å². The first-order chi connectivity index (χ1) is 15.1. The molecule has 0 aliphatic carbocycles. The summed E-state index contributed by atoms with van der Waals surface area (Å²) in [6, 6.07) is 18.8. The van der Waals surface area contributed by atoms with Crippen LogP contribution in [0.5, 0.6) is 0 Å². The van der Waals surface area contributed by atoms with Gasteiger partial charge in [0.05, 0.1) is 5.57 Å². The van der Waals surface area contributed by atoms with Crippen LogP contribution in [0.1, 0.15) is 51.8 Å². The highest BCUT2D eigenvalue weighted by Gasteiger charge is 2.62. The molecule has 0 radical (unpaired) electrons. The van der Waals surface area contributed by atoms with Gasteiger partial charge in [-0.1, -0.05) is 81.4 Å². The highest BCUT2D eigenvalue weighted by Crippen LogP contribution is 2.53. The molecule has 2 saturated heterocycles. The molecule has 0 bridgehead atoms. The summed E-state index contributed by atoms with van der Waals surface area (Å²) in [7, 11) is 0. The van der Waals surface area contributed by atoms with E-state index in [0.29, 0.717) is 5.57 Å². The summed E-state index contributed by atoms with van der Waals surface area (Å²) in [5, 5.41) is -0.166. The largest absolute Gasteiger partial charge is 0.451 e. The normalized spacial score (nSPS) is 21.6. The molecule has 0 unspecified atom stereocenters. The average molecular weight is 448 g/mol. The second-order valence-corrected chi connectivity index (χ2v) is 11.6. The van der Waals surface area contributed by atoms with Gasteiger partial charge in [0.15, 0.2) is 6.10 Å². The fraction of sp³-hybridized carbons (Fsp3) is 0.370. The van der Waals surface area contributed by atoms with E-state index in [4.69, 9.17) is 4.74 Å². The van der Waals surface area contributed by atoms with Crippen LogP contribution < -0.4 is 0 Å². The van der Waals surface area contributed by atoms with Gasteiger partial charge in [0.2, 0.25) is 0 Å². The number of hydrogen-bond acceptors (Lipinski definition) is 4. The molecule has 2 heterocycles. The van der Waals surface area contributed by atoms with Gasteiger partial charge in [0.25, 0.3) is 5.91 Å². The topological polar surface area (TPSA) is 46.6 Å². The van der Waals surface area contributed by atoms with Crippen LogP contribution in [0.3, 0.4) is 0 Å². The van der Waals surface area contributed by atoms with Crippen LogP contribution in [-0.4, -0.2) is 32.9 Å². The lowest BCUT2D eigenvalue weighted by molar-refractivity contribution is -0.160. The van der Waals surface area contributed by atoms with E-state index in [-0.39, 0.29) is 22.7 Å². The standard InChI is InChI=1S/C27H29NO3S/c1-26(2,3)17-16-20-23(29)28-22(27(4,5)32-24(20)28)25(30)31-21(18-12-8-6-9-13-18)19-14-10-7-11-15-19/h6-15,17,21-22,24H,1-5H3/t16?,22-,24+/m0/s1. The van der Waals surface area contributed by atoms with Gasteiger partial charge >= 0.3 is 5.97 Å². The lowest BCUT2D eigenvalue weighted by Gasteiger charge is -2.39. The van der Waals surface area contributed by atoms with Gasteiger partial charge in [-0.05, 0) is 36.5 Å². The van der Waals surface area contributed by atoms with Crippen molar-refractivity contribution in [1.29, 1.82) is 0 Å². The van der Waals surface area contributed by atoms with Crippen molar-refractivity contribution in [2.75, 3.05) is 0 Å². The van der Waals surface area contributed by atoms with Crippen LogP contribution in [0.4, 0.5) is 0 Å². The van der Waals surface area contributed by atoms with Gasteiger partial charge in [-0.25, -0.2) is 4.79 Å². The van der Waals surface area contributed by atoms with E-state index in [1.54, 1.807) is 16.7 Å². The molecule has 2 fully saturated rings. The number of β-lactam (4-membered cyclic amide) rings is 1. The molecule has 2 aliphatic heterocycles. The predicted molar refractivity (Wildman–Crippen MR) is 128 cm³/mol. The van der Waals surface area contributed by atoms with Gasteiger partial charge in [0, 0.05) is 4.75 Å². The summed E-state index contributed by atoms with van der Waals surface area (Å²) in [6.07, 6.45) is 1.40. The number of carbonyl (C=O) groups excluding carboxylic acids is 2. The summed E-state index contributed by atoms with van der Waals surface area (Å²) in [5.41, 5.74) is 5.56. The van der Waals surface area contributed by atoms with Crippen LogP contribution >= 0.6 is 11.8 Å². The number of fused-ring (bicyclic) bond motifs is 1. The smallest absolute Gasteiger partial charge is 0.331 e. The fourth-order valence-corrected chi connectivity index (χ4v) is 5.60. The molecule has 2 aliphatic rings. The summed E-state index contributed by atoms with van der Waals surface area (Å²) >= 11 is 1.62. The van der Waals surface area contributed by atoms with Crippen LogP contribution in [0.2, 0.25) is 0 Å². The Morgan fingerprint density at radius 1 is 1.06 bits per heavy atom. The summed E-state index contributed by atoms with van der Waals surface area (Å²) in [4.78, 5) is 28.1. The third-order valence-electron chi connectivity index (χ3n) is 5.64. The van der Waals surface area contributed by atoms with E-state index in [1.165, 1.54) is 0 Å². The molecule has 2 aromatic rings. The van der Waals surface area contributed by atoms with Crippen LogP contribution in [0.15, 0.2) is 78.0 Å². The van der Waals surface area contributed by atoms with Crippen molar-refractivity contribution < 1.29 is 14.3 Å². The monoisotopic (exact) mass is 447 g/mol. The number of ether oxygens (including phenoxy) is 1. The Hall–Kier alpha value is -2.75. The minimum atomic E-state index is -0.653. The molecule has 2 aromatic carbocycles. The third kappa shape index (κ3) is 4.28. The lowest BCUT2D eigenvalue weighted by atomic mass is 9.93. The predicted octanol–water partition coefficient (Wildman–Crippen LogP) is 5.51. The van der Waals surface area contributed by atoms with Gasteiger partial charge in [0.1, 0.15) is 11.4 Å². The minimum absolute atomic E-state index is 0.0661. The first-order valence-electron chi connectivity index (χ1n) is 10.9. The van der Waals surface area contributed by atoms with Crippen molar-refractivity contribution in [3.63, 3.8) is 0 Å². The maximum absolute atomic E-state index is 13.5. The highest BCUT2D eigenvalue weighted by atomic mass is 32.2. The molecule has 4 nitrogen and oxygen atoms in total. The van der Waals surface area contributed by atoms with E-state index >= 15 is 0 Å². The van der Waals surface area contributed by atoms with Gasteiger partial charge in [-0.3, -0.25) is 4.79 Å². The zero-order valence-corrected chi connectivity index (χ0v) is 20.0. The Kier molecular flexibility index (Phi) is 5.83. The Balaban J connectivity index is 1.62. The molecule has 32 heavy (non-hydrogen) atoms. The number of amides is 1. The summed E-state index contributed by atoms with van der Waals surface area (Å²) < 4.78 is 5.64.